The normalized spacial score (nSPS) is 14.1. The number of para-hydroxylation sites is 1. The van der Waals surface area contributed by atoms with Gasteiger partial charge in [0.15, 0.2) is 0 Å². The molecule has 29 heavy (non-hydrogen) atoms. The van der Waals surface area contributed by atoms with Crippen LogP contribution in [0, 0.1) is 0 Å². The number of rotatable bonds is 8. The zero-order valence-electron chi connectivity index (χ0n) is 15.8. The van der Waals surface area contributed by atoms with Gasteiger partial charge in [-0.2, -0.15) is 0 Å². The quantitative estimate of drug-likeness (QED) is 0.567. The second-order valence-corrected chi connectivity index (χ2v) is 6.96. The number of nitrogens with one attached hydrogen (secondary N) is 2. The fraction of sp³-hybridized carbons (Fsp3) is 0.217. The van der Waals surface area contributed by atoms with Gasteiger partial charge in [-0.1, -0.05) is 42.5 Å². The SMILES string of the molecule is O=C(O[C@H](C(=O)NC1CC1)c1ccccc1)c1ccccc1NCc1ccco1. The lowest BCUT2D eigenvalue weighted by molar-refractivity contribution is -0.130. The van der Waals surface area contributed by atoms with E-state index in [1.807, 2.05) is 30.3 Å². The van der Waals surface area contributed by atoms with Gasteiger partial charge < -0.3 is 19.8 Å². The molecular weight excluding hydrogens is 368 g/mol. The van der Waals surface area contributed by atoms with Crippen LogP contribution in [-0.2, 0) is 16.1 Å². The molecule has 0 saturated heterocycles. The lowest BCUT2D eigenvalue weighted by Crippen LogP contribution is -2.33. The Morgan fingerprint density at radius 3 is 2.48 bits per heavy atom. The molecule has 1 heterocycles. The number of esters is 1. The molecule has 1 atom stereocenters. The van der Waals surface area contributed by atoms with Crippen molar-refractivity contribution < 1.29 is 18.7 Å². The molecule has 0 aliphatic heterocycles. The molecule has 1 saturated carbocycles. The third kappa shape index (κ3) is 4.85. The Kier molecular flexibility index (Phi) is 5.61. The van der Waals surface area contributed by atoms with Gasteiger partial charge in [0.25, 0.3) is 5.91 Å². The van der Waals surface area contributed by atoms with E-state index < -0.39 is 12.1 Å². The number of ether oxygens (including phenoxy) is 1. The highest BCUT2D eigenvalue weighted by Crippen LogP contribution is 2.25. The van der Waals surface area contributed by atoms with Crippen LogP contribution in [0.4, 0.5) is 5.69 Å². The molecule has 1 aliphatic rings. The predicted octanol–water partition coefficient (Wildman–Crippen LogP) is 4.07. The Morgan fingerprint density at radius 2 is 1.76 bits per heavy atom. The number of anilines is 1. The van der Waals surface area contributed by atoms with E-state index in [0.29, 0.717) is 23.4 Å². The summed E-state index contributed by atoms with van der Waals surface area (Å²) in [5, 5.41) is 6.11. The highest BCUT2D eigenvalue weighted by Gasteiger charge is 2.31. The molecule has 6 heteroatoms. The lowest BCUT2D eigenvalue weighted by Gasteiger charge is -2.19. The summed E-state index contributed by atoms with van der Waals surface area (Å²) in [5.74, 6) is -0.112. The Labute approximate surface area is 168 Å². The number of furan rings is 1. The van der Waals surface area contributed by atoms with Gasteiger partial charge in [0, 0.05) is 17.3 Å². The van der Waals surface area contributed by atoms with Crippen molar-refractivity contribution in [2.75, 3.05) is 5.32 Å². The van der Waals surface area contributed by atoms with Crippen molar-refractivity contribution in [2.45, 2.75) is 31.5 Å². The lowest BCUT2D eigenvalue weighted by atomic mass is 10.1. The molecule has 0 unspecified atom stereocenters. The van der Waals surface area contributed by atoms with E-state index in [-0.39, 0.29) is 11.9 Å². The summed E-state index contributed by atoms with van der Waals surface area (Å²) in [6.07, 6.45) is 2.52. The van der Waals surface area contributed by atoms with Gasteiger partial charge in [-0.05, 0) is 37.1 Å². The summed E-state index contributed by atoms with van der Waals surface area (Å²) in [4.78, 5) is 25.7. The van der Waals surface area contributed by atoms with Crippen LogP contribution in [0.5, 0.6) is 0 Å². The molecule has 0 spiro atoms. The van der Waals surface area contributed by atoms with Crippen molar-refractivity contribution in [2.24, 2.45) is 0 Å². The van der Waals surface area contributed by atoms with Crippen LogP contribution in [0.3, 0.4) is 0 Å². The minimum absolute atomic E-state index is 0.176. The zero-order chi connectivity index (χ0) is 20.1. The van der Waals surface area contributed by atoms with Crippen LogP contribution in [0.2, 0.25) is 0 Å². The number of carbonyl (C=O) groups excluding carboxylic acids is 2. The predicted molar refractivity (Wildman–Crippen MR) is 108 cm³/mol. The first kappa shape index (κ1) is 18.8. The highest BCUT2D eigenvalue weighted by atomic mass is 16.5. The Balaban J connectivity index is 1.52. The van der Waals surface area contributed by atoms with Gasteiger partial charge in [-0.15, -0.1) is 0 Å². The molecule has 4 rings (SSSR count). The molecular formula is C23H22N2O4. The van der Waals surface area contributed by atoms with E-state index in [4.69, 9.17) is 9.15 Å². The number of amides is 1. The van der Waals surface area contributed by atoms with Gasteiger partial charge in [0.05, 0.1) is 18.4 Å². The number of hydrogen-bond donors (Lipinski definition) is 2. The summed E-state index contributed by atoms with van der Waals surface area (Å²) in [5.41, 5.74) is 1.61. The van der Waals surface area contributed by atoms with Crippen molar-refractivity contribution in [1.82, 2.24) is 5.32 Å². The molecule has 1 fully saturated rings. The van der Waals surface area contributed by atoms with Gasteiger partial charge in [-0.3, -0.25) is 4.79 Å². The molecule has 0 bridgehead atoms. The zero-order valence-corrected chi connectivity index (χ0v) is 15.8. The molecule has 3 aromatic rings. The van der Waals surface area contributed by atoms with Gasteiger partial charge >= 0.3 is 5.97 Å². The average Bonchev–Trinajstić information content (AvgIpc) is 3.41. The molecule has 0 radical (unpaired) electrons. The van der Waals surface area contributed by atoms with E-state index in [1.165, 1.54) is 0 Å². The largest absolute Gasteiger partial charge is 0.467 e. The number of carbonyl (C=O) groups is 2. The second kappa shape index (κ2) is 8.65. The molecule has 6 nitrogen and oxygen atoms in total. The van der Waals surface area contributed by atoms with Gasteiger partial charge in [-0.25, -0.2) is 4.79 Å². The Morgan fingerprint density at radius 1 is 1.00 bits per heavy atom. The molecule has 148 valence electrons. The molecule has 1 amide bonds. The first-order valence-corrected chi connectivity index (χ1v) is 9.62. The Bertz CT molecular complexity index is 966. The summed E-state index contributed by atoms with van der Waals surface area (Å²) >= 11 is 0. The van der Waals surface area contributed by atoms with E-state index in [0.717, 1.165) is 18.6 Å². The van der Waals surface area contributed by atoms with Gasteiger partial charge in [0.1, 0.15) is 5.76 Å². The first-order chi connectivity index (χ1) is 14.2. The maximum absolute atomic E-state index is 13.0. The minimum atomic E-state index is -0.998. The van der Waals surface area contributed by atoms with Crippen molar-refractivity contribution >= 4 is 17.6 Å². The van der Waals surface area contributed by atoms with Crippen LogP contribution < -0.4 is 10.6 Å². The highest BCUT2D eigenvalue weighted by molar-refractivity contribution is 5.97. The molecule has 1 aliphatic carbocycles. The van der Waals surface area contributed by atoms with Crippen LogP contribution in [0.1, 0.15) is 40.6 Å². The maximum atomic E-state index is 13.0. The Hall–Kier alpha value is -3.54. The summed E-state index contributed by atoms with van der Waals surface area (Å²) < 4.78 is 11.0. The summed E-state index contributed by atoms with van der Waals surface area (Å²) in [7, 11) is 0. The van der Waals surface area contributed by atoms with Crippen LogP contribution in [0.25, 0.3) is 0 Å². The van der Waals surface area contributed by atoms with Gasteiger partial charge in [0.2, 0.25) is 6.10 Å². The number of hydrogen-bond acceptors (Lipinski definition) is 5. The third-order valence-electron chi connectivity index (χ3n) is 4.67. The standard InChI is InChI=1S/C23H22N2O4/c26-22(25-17-12-13-17)21(16-7-2-1-3-8-16)29-23(27)19-10-4-5-11-20(19)24-15-18-9-6-14-28-18/h1-11,14,17,21,24H,12-13,15H2,(H,25,26)/t21-/m0/s1. The van der Waals surface area contributed by atoms with Crippen LogP contribution >= 0.6 is 0 Å². The van der Waals surface area contributed by atoms with Crippen molar-refractivity contribution in [1.29, 1.82) is 0 Å². The molecule has 2 N–H and O–H groups in total. The van der Waals surface area contributed by atoms with E-state index in [2.05, 4.69) is 10.6 Å². The third-order valence-corrected chi connectivity index (χ3v) is 4.67. The average molecular weight is 390 g/mol. The van der Waals surface area contributed by atoms with Crippen molar-refractivity contribution in [3.8, 4) is 0 Å². The van der Waals surface area contributed by atoms with Crippen LogP contribution in [-0.4, -0.2) is 17.9 Å². The summed E-state index contributed by atoms with van der Waals surface area (Å²) in [6, 6.07) is 19.9. The van der Waals surface area contributed by atoms with E-state index in [9.17, 15) is 9.59 Å². The number of benzene rings is 2. The monoisotopic (exact) mass is 390 g/mol. The van der Waals surface area contributed by atoms with Crippen molar-refractivity contribution in [3.05, 3.63) is 89.9 Å². The molecule has 1 aromatic heterocycles. The van der Waals surface area contributed by atoms with Crippen molar-refractivity contribution in [3.63, 3.8) is 0 Å². The topological polar surface area (TPSA) is 80.6 Å². The van der Waals surface area contributed by atoms with E-state index >= 15 is 0 Å². The fourth-order valence-corrected chi connectivity index (χ4v) is 2.99. The molecule has 2 aromatic carbocycles. The maximum Gasteiger partial charge on any atom is 0.341 e. The smallest absolute Gasteiger partial charge is 0.341 e. The van der Waals surface area contributed by atoms with E-state index in [1.54, 1.807) is 42.7 Å². The van der Waals surface area contributed by atoms with Crippen LogP contribution in [0.15, 0.2) is 77.4 Å². The minimum Gasteiger partial charge on any atom is -0.467 e. The second-order valence-electron chi connectivity index (χ2n) is 6.96. The fourth-order valence-electron chi connectivity index (χ4n) is 2.99. The summed E-state index contributed by atoms with van der Waals surface area (Å²) in [6.45, 7) is 0.432. The first-order valence-electron chi connectivity index (χ1n) is 9.62.